The quantitative estimate of drug-likeness (QED) is 0.605. The molecule has 0 saturated carbocycles. The van der Waals surface area contributed by atoms with E-state index in [1.165, 1.54) is 27.4 Å². The van der Waals surface area contributed by atoms with Crippen LogP contribution in [0.4, 0.5) is 23.2 Å². The predicted octanol–water partition coefficient (Wildman–Crippen LogP) is 3.19. The van der Waals surface area contributed by atoms with Crippen molar-refractivity contribution in [3.63, 3.8) is 0 Å². The van der Waals surface area contributed by atoms with Crippen molar-refractivity contribution in [2.45, 2.75) is 18.0 Å². The summed E-state index contributed by atoms with van der Waals surface area (Å²) in [5.74, 6) is -0.890. The van der Waals surface area contributed by atoms with Gasteiger partial charge in [0.15, 0.2) is 0 Å². The number of rotatable bonds is 7. The second kappa shape index (κ2) is 9.96. The van der Waals surface area contributed by atoms with E-state index in [-0.39, 0.29) is 55.7 Å². The molecular weight excluding hydrogens is 466 g/mol. The van der Waals surface area contributed by atoms with E-state index in [0.29, 0.717) is 0 Å². The van der Waals surface area contributed by atoms with Gasteiger partial charge in [-0.25, -0.2) is 12.8 Å². The number of alkyl halides is 3. The number of hydrogen-bond donors (Lipinski definition) is 1. The van der Waals surface area contributed by atoms with E-state index in [1.807, 2.05) is 0 Å². The van der Waals surface area contributed by atoms with E-state index in [2.05, 4.69) is 5.32 Å². The first-order valence-electron chi connectivity index (χ1n) is 10.1. The van der Waals surface area contributed by atoms with Crippen molar-refractivity contribution in [2.24, 2.45) is 0 Å². The van der Waals surface area contributed by atoms with Gasteiger partial charge in [-0.15, -0.1) is 0 Å². The maximum absolute atomic E-state index is 13.4. The Hall–Kier alpha value is -2.86. The van der Waals surface area contributed by atoms with E-state index in [0.717, 1.165) is 24.3 Å². The second-order valence-corrected chi connectivity index (χ2v) is 9.18. The molecule has 0 aromatic heterocycles. The summed E-state index contributed by atoms with van der Waals surface area (Å²) in [5.41, 5.74) is -0.843. The Morgan fingerprint density at radius 3 is 2.39 bits per heavy atom. The molecule has 1 saturated heterocycles. The van der Waals surface area contributed by atoms with Crippen molar-refractivity contribution < 1.29 is 35.5 Å². The molecule has 180 valence electrons. The first-order chi connectivity index (χ1) is 15.5. The van der Waals surface area contributed by atoms with Crippen molar-refractivity contribution in [1.82, 2.24) is 9.21 Å². The lowest BCUT2D eigenvalue weighted by Crippen LogP contribution is -2.51. The summed E-state index contributed by atoms with van der Waals surface area (Å²) < 4.78 is 84.4. The van der Waals surface area contributed by atoms with Crippen molar-refractivity contribution in [2.75, 3.05) is 44.6 Å². The molecule has 0 spiro atoms. The molecule has 1 aliphatic heterocycles. The molecule has 1 heterocycles. The zero-order valence-corrected chi connectivity index (χ0v) is 18.5. The molecule has 3 rings (SSSR count). The fourth-order valence-corrected chi connectivity index (χ4v) is 4.82. The van der Waals surface area contributed by atoms with Gasteiger partial charge in [0.1, 0.15) is 11.6 Å². The smallest absolute Gasteiger partial charge is 0.416 e. The lowest BCUT2D eigenvalue weighted by atomic mass is 10.1. The molecule has 0 radical (unpaired) electrons. The van der Waals surface area contributed by atoms with Gasteiger partial charge in [-0.3, -0.25) is 4.79 Å². The number of carbonyl (C=O) groups is 1. The number of carbonyl (C=O) groups excluding carboxylic acids is 1. The standard InChI is InChI=1S/C21H23F4N3O4S/c1-2-32-19-7-6-15(21(23,24)25)12-18(19)26-14-20(29)27-8-10-28(11-9-27)33(30,31)17-5-3-4-16(22)13-17/h3-7,12-13,26H,2,8-11,14H2,1H3. The molecule has 2 aromatic rings. The van der Waals surface area contributed by atoms with E-state index in [4.69, 9.17) is 4.74 Å². The molecule has 33 heavy (non-hydrogen) atoms. The molecular formula is C21H23F4N3O4S. The predicted molar refractivity (Wildman–Crippen MR) is 113 cm³/mol. The largest absolute Gasteiger partial charge is 0.492 e. The van der Waals surface area contributed by atoms with Gasteiger partial charge in [0.05, 0.1) is 29.3 Å². The van der Waals surface area contributed by atoms with Gasteiger partial charge in [0.25, 0.3) is 0 Å². The second-order valence-electron chi connectivity index (χ2n) is 7.24. The molecule has 1 amide bonds. The van der Waals surface area contributed by atoms with Crippen LogP contribution < -0.4 is 10.1 Å². The minimum absolute atomic E-state index is 0.0122. The van der Waals surface area contributed by atoms with E-state index >= 15 is 0 Å². The highest BCUT2D eigenvalue weighted by atomic mass is 32.2. The van der Waals surface area contributed by atoms with Crippen LogP contribution in [0.3, 0.4) is 0 Å². The first kappa shape index (κ1) is 24.8. The van der Waals surface area contributed by atoms with Crippen LogP contribution in [-0.2, 0) is 21.0 Å². The number of halogens is 4. The molecule has 0 atom stereocenters. The molecule has 7 nitrogen and oxygen atoms in total. The lowest BCUT2D eigenvalue weighted by Gasteiger charge is -2.34. The number of sulfonamides is 1. The van der Waals surface area contributed by atoms with Gasteiger partial charge >= 0.3 is 6.18 Å². The third-order valence-electron chi connectivity index (χ3n) is 5.06. The Kier molecular flexibility index (Phi) is 7.48. The zero-order valence-electron chi connectivity index (χ0n) is 17.7. The van der Waals surface area contributed by atoms with Crippen LogP contribution >= 0.6 is 0 Å². The minimum Gasteiger partial charge on any atom is -0.492 e. The molecule has 12 heteroatoms. The highest BCUT2D eigenvalue weighted by Gasteiger charge is 2.32. The number of nitrogens with zero attached hydrogens (tertiary/aromatic N) is 2. The Morgan fingerprint density at radius 2 is 1.79 bits per heavy atom. The van der Waals surface area contributed by atoms with Crippen LogP contribution in [0.5, 0.6) is 5.75 Å². The summed E-state index contributed by atoms with van der Waals surface area (Å²) in [6, 6.07) is 7.64. The number of piperazine rings is 1. The Bertz CT molecular complexity index is 1100. The average molecular weight is 489 g/mol. The Morgan fingerprint density at radius 1 is 1.09 bits per heavy atom. The van der Waals surface area contributed by atoms with Gasteiger partial charge in [-0.05, 0) is 43.3 Å². The van der Waals surface area contributed by atoms with Gasteiger partial charge in [-0.1, -0.05) is 6.07 Å². The summed E-state index contributed by atoms with van der Waals surface area (Å²) in [6.07, 6.45) is -4.55. The van der Waals surface area contributed by atoms with E-state index in [1.54, 1.807) is 6.92 Å². The van der Waals surface area contributed by atoms with E-state index in [9.17, 15) is 30.8 Å². The highest BCUT2D eigenvalue weighted by Crippen LogP contribution is 2.35. The maximum atomic E-state index is 13.4. The van der Waals surface area contributed by atoms with Crippen LogP contribution in [0.2, 0.25) is 0 Å². The highest BCUT2D eigenvalue weighted by molar-refractivity contribution is 7.89. The van der Waals surface area contributed by atoms with Crippen LogP contribution in [0.15, 0.2) is 47.4 Å². The fraction of sp³-hybridized carbons (Fsp3) is 0.381. The van der Waals surface area contributed by atoms with Crippen molar-refractivity contribution >= 4 is 21.6 Å². The summed E-state index contributed by atoms with van der Waals surface area (Å²) >= 11 is 0. The van der Waals surface area contributed by atoms with Gasteiger partial charge in [-0.2, -0.15) is 17.5 Å². The first-order valence-corrected chi connectivity index (χ1v) is 11.6. The molecule has 0 bridgehead atoms. The molecule has 1 N–H and O–H groups in total. The van der Waals surface area contributed by atoms with Gasteiger partial charge in [0, 0.05) is 26.2 Å². The minimum atomic E-state index is -4.55. The number of benzene rings is 2. The summed E-state index contributed by atoms with van der Waals surface area (Å²) in [6.45, 7) is 1.83. The zero-order chi connectivity index (χ0) is 24.2. The SMILES string of the molecule is CCOc1ccc(C(F)(F)F)cc1NCC(=O)N1CCN(S(=O)(=O)c2cccc(F)c2)CC1. The van der Waals surface area contributed by atoms with Crippen molar-refractivity contribution in [1.29, 1.82) is 0 Å². The van der Waals surface area contributed by atoms with Crippen molar-refractivity contribution in [3.05, 3.63) is 53.8 Å². The molecule has 0 aliphatic carbocycles. The van der Waals surface area contributed by atoms with Crippen LogP contribution in [0.25, 0.3) is 0 Å². The third kappa shape index (κ3) is 5.93. The number of anilines is 1. The molecule has 1 fully saturated rings. The van der Waals surface area contributed by atoms with Crippen molar-refractivity contribution in [3.8, 4) is 5.75 Å². The van der Waals surface area contributed by atoms with Crippen LogP contribution in [-0.4, -0.2) is 62.9 Å². The Balaban J connectivity index is 1.62. The summed E-state index contributed by atoms with van der Waals surface area (Å²) in [4.78, 5) is 13.8. The monoisotopic (exact) mass is 489 g/mol. The van der Waals surface area contributed by atoms with Gasteiger partial charge < -0.3 is 15.0 Å². The molecule has 2 aromatic carbocycles. The Labute approximate surface area is 189 Å². The molecule has 0 unspecified atom stereocenters. The average Bonchev–Trinajstić information content (AvgIpc) is 2.77. The van der Waals surface area contributed by atoms with E-state index < -0.39 is 33.5 Å². The topological polar surface area (TPSA) is 79.0 Å². The number of nitrogens with one attached hydrogen (secondary N) is 1. The maximum Gasteiger partial charge on any atom is 0.416 e. The molecule has 1 aliphatic rings. The normalized spacial score (nSPS) is 15.4. The lowest BCUT2D eigenvalue weighted by molar-refractivity contribution is -0.137. The number of hydrogen-bond acceptors (Lipinski definition) is 5. The number of amides is 1. The van der Waals surface area contributed by atoms with Crippen LogP contribution in [0.1, 0.15) is 12.5 Å². The summed E-state index contributed by atoms with van der Waals surface area (Å²) in [5, 5.41) is 2.69. The van der Waals surface area contributed by atoms with Crippen LogP contribution in [0, 0.1) is 5.82 Å². The third-order valence-corrected chi connectivity index (χ3v) is 6.96. The number of ether oxygens (including phenoxy) is 1. The summed E-state index contributed by atoms with van der Waals surface area (Å²) in [7, 11) is -3.90. The fourth-order valence-electron chi connectivity index (χ4n) is 3.36. The van der Waals surface area contributed by atoms with Gasteiger partial charge in [0.2, 0.25) is 15.9 Å².